The van der Waals surface area contributed by atoms with Crippen molar-refractivity contribution in [2.75, 3.05) is 13.1 Å². The van der Waals surface area contributed by atoms with E-state index in [1.807, 2.05) is 0 Å². The molecule has 2 aromatic rings. The molecule has 2 bridgehead atoms. The highest BCUT2D eigenvalue weighted by Crippen LogP contribution is 2.32. The van der Waals surface area contributed by atoms with Gasteiger partial charge in [-0.15, -0.1) is 0 Å². The van der Waals surface area contributed by atoms with Crippen LogP contribution < -0.4 is 5.32 Å². The van der Waals surface area contributed by atoms with E-state index in [1.165, 1.54) is 12.3 Å². The summed E-state index contributed by atoms with van der Waals surface area (Å²) in [6.07, 6.45) is 3.67. The fourth-order valence-electron chi connectivity index (χ4n) is 3.90. The van der Waals surface area contributed by atoms with Gasteiger partial charge in [-0.3, -0.25) is 9.69 Å². The first-order valence-corrected chi connectivity index (χ1v) is 8.38. The Labute approximate surface area is 139 Å². The monoisotopic (exact) mass is 329 g/mol. The fourth-order valence-corrected chi connectivity index (χ4v) is 3.90. The number of furan rings is 1. The molecule has 0 saturated carbocycles. The topological polar surface area (TPSA) is 58.4 Å². The maximum Gasteiger partial charge on any atom is 0.287 e. The predicted molar refractivity (Wildman–Crippen MR) is 86.9 cm³/mol. The molecule has 6 heteroatoms. The minimum atomic E-state index is -0.542. The number of carbonyl (C=O) groups is 1. The Hall–Kier alpha value is -2.21. The van der Waals surface area contributed by atoms with E-state index in [1.54, 1.807) is 18.2 Å². The molecule has 2 unspecified atom stereocenters. The molecular formula is C18H20FN3O2. The highest BCUT2D eigenvalue weighted by atomic mass is 19.1. The lowest BCUT2D eigenvalue weighted by Crippen LogP contribution is -2.62. The van der Waals surface area contributed by atoms with E-state index in [0.717, 1.165) is 25.9 Å². The maximum absolute atomic E-state index is 12.9. The van der Waals surface area contributed by atoms with Crippen LogP contribution >= 0.6 is 0 Å². The van der Waals surface area contributed by atoms with Crippen LogP contribution in [0.25, 0.3) is 11.3 Å². The molecule has 0 spiro atoms. The highest BCUT2D eigenvalue weighted by molar-refractivity contribution is 5.92. The van der Waals surface area contributed by atoms with Crippen LogP contribution in [0.2, 0.25) is 0 Å². The van der Waals surface area contributed by atoms with E-state index >= 15 is 0 Å². The van der Waals surface area contributed by atoms with Gasteiger partial charge in [0.2, 0.25) is 5.95 Å². The number of carbonyl (C=O) groups excluding carboxylic acids is 1. The average molecular weight is 329 g/mol. The maximum atomic E-state index is 12.9. The summed E-state index contributed by atoms with van der Waals surface area (Å²) in [6.45, 7) is 4.43. The summed E-state index contributed by atoms with van der Waals surface area (Å²) in [5.41, 5.74) is 0.645. The summed E-state index contributed by atoms with van der Waals surface area (Å²) < 4.78 is 18.5. The Bertz CT molecular complexity index is 733. The molecule has 5 heterocycles. The van der Waals surface area contributed by atoms with Crippen LogP contribution in [0.5, 0.6) is 0 Å². The van der Waals surface area contributed by atoms with Gasteiger partial charge in [-0.25, -0.2) is 4.98 Å². The van der Waals surface area contributed by atoms with Gasteiger partial charge < -0.3 is 9.73 Å². The highest BCUT2D eigenvalue weighted by Gasteiger charge is 2.40. The molecule has 126 valence electrons. The van der Waals surface area contributed by atoms with Crippen LogP contribution in [0.3, 0.4) is 0 Å². The molecule has 5 rings (SSSR count). The summed E-state index contributed by atoms with van der Waals surface area (Å²) in [6, 6.07) is 6.74. The Morgan fingerprint density at radius 1 is 1.29 bits per heavy atom. The number of rotatable bonds is 3. The van der Waals surface area contributed by atoms with Crippen molar-refractivity contribution < 1.29 is 13.6 Å². The number of amides is 1. The SMILES string of the molecule is CC1C(NC(=O)c2ccc(-c3ccc(F)nc3)o2)C2CCN1CC2. The van der Waals surface area contributed by atoms with E-state index in [2.05, 4.69) is 22.1 Å². The normalized spacial score (nSPS) is 28.8. The van der Waals surface area contributed by atoms with Crippen LogP contribution in [0.4, 0.5) is 4.39 Å². The molecule has 0 aliphatic carbocycles. The average Bonchev–Trinajstić information content (AvgIpc) is 3.09. The Kier molecular flexibility index (Phi) is 3.84. The van der Waals surface area contributed by atoms with Crippen molar-refractivity contribution in [3.63, 3.8) is 0 Å². The molecule has 5 nitrogen and oxygen atoms in total. The van der Waals surface area contributed by atoms with Gasteiger partial charge >= 0.3 is 0 Å². The van der Waals surface area contributed by atoms with E-state index in [0.29, 0.717) is 23.3 Å². The molecule has 3 saturated heterocycles. The van der Waals surface area contributed by atoms with E-state index in [4.69, 9.17) is 4.42 Å². The number of aromatic nitrogens is 1. The third kappa shape index (κ3) is 2.71. The third-order valence-electron chi connectivity index (χ3n) is 5.32. The first-order chi connectivity index (χ1) is 11.6. The number of hydrogen-bond acceptors (Lipinski definition) is 4. The van der Waals surface area contributed by atoms with Crippen LogP contribution in [-0.4, -0.2) is 41.0 Å². The molecule has 2 aromatic heterocycles. The van der Waals surface area contributed by atoms with E-state index in [-0.39, 0.29) is 17.7 Å². The summed E-state index contributed by atoms with van der Waals surface area (Å²) in [7, 11) is 0. The van der Waals surface area contributed by atoms with Crippen LogP contribution in [0.1, 0.15) is 30.3 Å². The Balaban J connectivity index is 1.48. The van der Waals surface area contributed by atoms with Crippen molar-refractivity contribution in [1.82, 2.24) is 15.2 Å². The number of nitrogens with zero attached hydrogens (tertiary/aromatic N) is 2. The molecule has 3 aliphatic rings. The third-order valence-corrected chi connectivity index (χ3v) is 5.32. The van der Waals surface area contributed by atoms with Crippen molar-refractivity contribution in [1.29, 1.82) is 0 Å². The Morgan fingerprint density at radius 2 is 2.08 bits per heavy atom. The van der Waals surface area contributed by atoms with E-state index < -0.39 is 5.95 Å². The molecule has 3 fully saturated rings. The zero-order valence-corrected chi connectivity index (χ0v) is 13.5. The molecule has 1 N–H and O–H groups in total. The first kappa shape index (κ1) is 15.3. The van der Waals surface area contributed by atoms with Crippen molar-refractivity contribution in [3.05, 3.63) is 42.2 Å². The van der Waals surface area contributed by atoms with Gasteiger partial charge in [-0.1, -0.05) is 0 Å². The second-order valence-electron chi connectivity index (χ2n) is 6.65. The zero-order valence-electron chi connectivity index (χ0n) is 13.5. The van der Waals surface area contributed by atoms with Crippen molar-refractivity contribution in [2.45, 2.75) is 31.8 Å². The van der Waals surface area contributed by atoms with Gasteiger partial charge in [-0.2, -0.15) is 4.39 Å². The number of hydrogen-bond donors (Lipinski definition) is 1. The quantitative estimate of drug-likeness (QED) is 0.880. The van der Waals surface area contributed by atoms with Gasteiger partial charge in [0.25, 0.3) is 5.91 Å². The van der Waals surface area contributed by atoms with Gasteiger partial charge in [0.15, 0.2) is 5.76 Å². The predicted octanol–water partition coefficient (Wildman–Crippen LogP) is 2.69. The lowest BCUT2D eigenvalue weighted by atomic mass is 9.79. The van der Waals surface area contributed by atoms with Crippen LogP contribution in [0.15, 0.2) is 34.9 Å². The molecular weight excluding hydrogens is 309 g/mol. The van der Waals surface area contributed by atoms with Crippen LogP contribution in [0, 0.1) is 11.9 Å². The molecule has 3 aliphatic heterocycles. The number of piperidine rings is 3. The van der Waals surface area contributed by atoms with Gasteiger partial charge in [-0.05, 0) is 63.0 Å². The van der Waals surface area contributed by atoms with Gasteiger partial charge in [0.05, 0.1) is 0 Å². The largest absolute Gasteiger partial charge is 0.451 e. The van der Waals surface area contributed by atoms with Gasteiger partial charge in [0, 0.05) is 23.8 Å². The standard InChI is InChI=1S/C18H20FN3O2/c1-11-17(12-6-8-22(11)9-7-12)21-18(23)15-4-3-14(24-15)13-2-5-16(19)20-10-13/h2-5,10-12,17H,6-9H2,1H3,(H,21,23). The van der Waals surface area contributed by atoms with Gasteiger partial charge in [0.1, 0.15) is 5.76 Å². The van der Waals surface area contributed by atoms with Crippen molar-refractivity contribution in [3.8, 4) is 11.3 Å². The molecule has 0 aromatic carbocycles. The molecule has 0 radical (unpaired) electrons. The summed E-state index contributed by atoms with van der Waals surface area (Å²) in [5.74, 6) is 0.596. The van der Waals surface area contributed by atoms with E-state index in [9.17, 15) is 9.18 Å². The number of halogens is 1. The number of fused-ring (bicyclic) bond motifs is 3. The minimum Gasteiger partial charge on any atom is -0.451 e. The minimum absolute atomic E-state index is 0.168. The number of nitrogens with one attached hydrogen (secondary N) is 1. The smallest absolute Gasteiger partial charge is 0.287 e. The summed E-state index contributed by atoms with van der Waals surface area (Å²) >= 11 is 0. The molecule has 2 atom stereocenters. The number of pyridine rings is 1. The second kappa shape index (κ2) is 6.02. The molecule has 1 amide bonds. The summed E-state index contributed by atoms with van der Waals surface area (Å²) in [5, 5.41) is 3.14. The lowest BCUT2D eigenvalue weighted by Gasteiger charge is -2.49. The lowest BCUT2D eigenvalue weighted by molar-refractivity contribution is 0.0211. The van der Waals surface area contributed by atoms with Crippen LogP contribution in [-0.2, 0) is 0 Å². The van der Waals surface area contributed by atoms with Crippen molar-refractivity contribution >= 4 is 5.91 Å². The second-order valence-corrected chi connectivity index (χ2v) is 6.65. The Morgan fingerprint density at radius 3 is 2.75 bits per heavy atom. The zero-order chi connectivity index (χ0) is 16.7. The first-order valence-electron chi connectivity index (χ1n) is 8.38. The molecule has 24 heavy (non-hydrogen) atoms. The summed E-state index contributed by atoms with van der Waals surface area (Å²) in [4.78, 5) is 18.6. The fraction of sp³-hybridized carbons (Fsp3) is 0.444. The van der Waals surface area contributed by atoms with Crippen molar-refractivity contribution in [2.24, 2.45) is 5.92 Å².